The van der Waals surface area contributed by atoms with Gasteiger partial charge >= 0.3 is 0 Å². The van der Waals surface area contributed by atoms with Crippen molar-refractivity contribution in [3.63, 3.8) is 0 Å². The molecule has 0 saturated carbocycles. The van der Waals surface area contributed by atoms with Crippen molar-refractivity contribution in [2.24, 2.45) is 0 Å². The molecular weight excluding hydrogens is 353 g/mol. The summed E-state index contributed by atoms with van der Waals surface area (Å²) in [5, 5.41) is 12.0. The Morgan fingerprint density at radius 2 is 1.96 bits per heavy atom. The number of amides is 1. The van der Waals surface area contributed by atoms with Gasteiger partial charge in [-0.15, -0.1) is 0 Å². The summed E-state index contributed by atoms with van der Waals surface area (Å²) in [5.41, 5.74) is 0.0513. The summed E-state index contributed by atoms with van der Waals surface area (Å²) in [7, 11) is 1.47. The van der Waals surface area contributed by atoms with E-state index in [2.05, 4.69) is 0 Å². The van der Waals surface area contributed by atoms with Gasteiger partial charge in [-0.2, -0.15) is 0 Å². The second-order valence-corrected chi connectivity index (χ2v) is 6.71. The first-order valence-electron chi connectivity index (χ1n) is 8.61. The number of nitrogens with zero attached hydrogens (tertiary/aromatic N) is 3. The summed E-state index contributed by atoms with van der Waals surface area (Å²) in [6.07, 6.45) is 0. The van der Waals surface area contributed by atoms with Crippen LogP contribution in [0.3, 0.4) is 0 Å². The van der Waals surface area contributed by atoms with Crippen molar-refractivity contribution >= 4 is 5.91 Å². The Kier molecular flexibility index (Phi) is 5.18. The van der Waals surface area contributed by atoms with Crippen LogP contribution in [0.15, 0.2) is 35.1 Å². The van der Waals surface area contributed by atoms with Gasteiger partial charge in [-0.1, -0.05) is 18.2 Å². The first-order valence-corrected chi connectivity index (χ1v) is 8.61. The second kappa shape index (κ2) is 7.40. The molecule has 1 aliphatic rings. The third-order valence-corrected chi connectivity index (χ3v) is 4.53. The summed E-state index contributed by atoms with van der Waals surface area (Å²) < 4.78 is 20.8. The zero-order chi connectivity index (χ0) is 19.7. The van der Waals surface area contributed by atoms with Gasteiger partial charge in [-0.05, 0) is 19.9 Å². The standard InChI is InChI=1S/C19H22FN3O4/c1-12(2)22-11-21(9-13-6-4-5-7-15(13)20)23-14(10-27-3)8-16(24)18(25)17(23)19(22)26/h4-8,12,25H,9-11H2,1-3H3. The monoisotopic (exact) mass is 375 g/mol. The average Bonchev–Trinajstić information content (AvgIpc) is 2.62. The molecule has 7 nitrogen and oxygen atoms in total. The Bertz CT molecular complexity index is 926. The van der Waals surface area contributed by atoms with E-state index in [1.54, 1.807) is 23.2 Å². The van der Waals surface area contributed by atoms with Crippen LogP contribution < -0.4 is 10.4 Å². The molecule has 2 heterocycles. The van der Waals surface area contributed by atoms with Crippen molar-refractivity contribution in [2.75, 3.05) is 18.8 Å². The first-order chi connectivity index (χ1) is 12.8. The number of rotatable bonds is 5. The largest absolute Gasteiger partial charge is 0.502 e. The highest BCUT2D eigenvalue weighted by Gasteiger charge is 2.35. The van der Waals surface area contributed by atoms with Crippen molar-refractivity contribution in [2.45, 2.75) is 33.0 Å². The highest BCUT2D eigenvalue weighted by molar-refractivity contribution is 5.96. The minimum Gasteiger partial charge on any atom is -0.502 e. The molecule has 0 bridgehead atoms. The van der Waals surface area contributed by atoms with Crippen molar-refractivity contribution in [1.82, 2.24) is 9.58 Å². The van der Waals surface area contributed by atoms with Crippen molar-refractivity contribution < 1.29 is 19.0 Å². The molecule has 1 aromatic heterocycles. The molecule has 3 rings (SSSR count). The van der Waals surface area contributed by atoms with Gasteiger partial charge in [0, 0.05) is 24.8 Å². The summed E-state index contributed by atoms with van der Waals surface area (Å²) >= 11 is 0. The van der Waals surface area contributed by atoms with Gasteiger partial charge < -0.3 is 14.7 Å². The number of aromatic nitrogens is 1. The van der Waals surface area contributed by atoms with Crippen LogP contribution in [0.25, 0.3) is 0 Å². The van der Waals surface area contributed by atoms with Crippen LogP contribution >= 0.6 is 0 Å². The van der Waals surface area contributed by atoms with E-state index in [4.69, 9.17) is 4.74 Å². The van der Waals surface area contributed by atoms with Gasteiger partial charge in [-0.3, -0.25) is 14.6 Å². The van der Waals surface area contributed by atoms with Gasteiger partial charge in [0.25, 0.3) is 5.91 Å². The van der Waals surface area contributed by atoms with E-state index in [0.717, 1.165) is 0 Å². The molecule has 0 saturated heterocycles. The molecule has 1 aliphatic heterocycles. The summed E-state index contributed by atoms with van der Waals surface area (Å²) in [4.78, 5) is 26.6. The van der Waals surface area contributed by atoms with Crippen molar-refractivity contribution in [1.29, 1.82) is 0 Å². The highest BCUT2D eigenvalue weighted by atomic mass is 19.1. The number of methoxy groups -OCH3 is 1. The number of hydrogen-bond donors (Lipinski definition) is 1. The molecule has 144 valence electrons. The molecule has 1 N–H and O–H groups in total. The minimum absolute atomic E-state index is 0.0608. The molecule has 0 spiro atoms. The predicted octanol–water partition coefficient (Wildman–Crippen LogP) is 1.80. The zero-order valence-electron chi connectivity index (χ0n) is 15.5. The molecule has 0 aliphatic carbocycles. The molecule has 0 unspecified atom stereocenters. The first kappa shape index (κ1) is 18.9. The van der Waals surface area contributed by atoms with Crippen LogP contribution in [0.1, 0.15) is 35.6 Å². The molecule has 1 aromatic carbocycles. The van der Waals surface area contributed by atoms with Crippen molar-refractivity contribution in [3.05, 3.63) is 63.3 Å². The van der Waals surface area contributed by atoms with Gasteiger partial charge in [-0.25, -0.2) is 9.07 Å². The lowest BCUT2D eigenvalue weighted by atomic mass is 10.1. The number of carbonyl (C=O) groups is 1. The van der Waals surface area contributed by atoms with E-state index in [-0.39, 0.29) is 37.4 Å². The number of aromatic hydroxyl groups is 1. The SMILES string of the molecule is COCc1cc(=O)c(O)c2n1N(Cc1ccccc1F)CN(C(C)C)C2=O. The molecule has 8 heteroatoms. The molecular formula is C19H22FN3O4. The van der Waals surface area contributed by atoms with Gasteiger partial charge in [0.1, 0.15) is 12.5 Å². The molecule has 2 aromatic rings. The lowest BCUT2D eigenvalue weighted by Gasteiger charge is -2.42. The lowest BCUT2D eigenvalue weighted by molar-refractivity contribution is 0.0618. The number of benzene rings is 1. The number of ether oxygens (including phenoxy) is 1. The minimum atomic E-state index is -0.655. The van der Waals surface area contributed by atoms with Crippen LogP contribution in [-0.4, -0.2) is 40.4 Å². The van der Waals surface area contributed by atoms with Crippen LogP contribution in [-0.2, 0) is 17.9 Å². The highest BCUT2D eigenvalue weighted by Crippen LogP contribution is 2.25. The van der Waals surface area contributed by atoms with E-state index in [0.29, 0.717) is 11.3 Å². The van der Waals surface area contributed by atoms with E-state index in [1.807, 2.05) is 13.8 Å². The fourth-order valence-corrected chi connectivity index (χ4v) is 3.19. The summed E-state index contributed by atoms with van der Waals surface area (Å²) in [6.45, 7) is 4.06. The molecule has 0 fully saturated rings. The topological polar surface area (TPSA) is 75.0 Å². The second-order valence-electron chi connectivity index (χ2n) is 6.71. The van der Waals surface area contributed by atoms with E-state index >= 15 is 0 Å². The average molecular weight is 375 g/mol. The fourth-order valence-electron chi connectivity index (χ4n) is 3.19. The Hall–Kier alpha value is -2.87. The predicted molar refractivity (Wildman–Crippen MR) is 97.6 cm³/mol. The summed E-state index contributed by atoms with van der Waals surface area (Å²) in [5.74, 6) is -1.45. The number of carbonyl (C=O) groups excluding carboxylic acids is 1. The van der Waals surface area contributed by atoms with E-state index in [1.165, 1.54) is 28.8 Å². The van der Waals surface area contributed by atoms with Gasteiger partial charge in [0.15, 0.2) is 11.4 Å². The zero-order valence-corrected chi connectivity index (χ0v) is 15.5. The molecule has 0 atom stereocenters. The van der Waals surface area contributed by atoms with Gasteiger partial charge in [0.2, 0.25) is 5.43 Å². The van der Waals surface area contributed by atoms with E-state index < -0.39 is 17.1 Å². The molecule has 1 amide bonds. The number of pyridine rings is 1. The lowest BCUT2D eigenvalue weighted by Crippen LogP contribution is -2.56. The van der Waals surface area contributed by atoms with Crippen LogP contribution in [0.2, 0.25) is 0 Å². The van der Waals surface area contributed by atoms with Crippen LogP contribution in [0, 0.1) is 5.82 Å². The Morgan fingerprint density at radius 3 is 2.59 bits per heavy atom. The quantitative estimate of drug-likeness (QED) is 0.863. The van der Waals surface area contributed by atoms with E-state index in [9.17, 15) is 19.1 Å². The maximum absolute atomic E-state index is 14.2. The fraction of sp³-hybridized carbons (Fsp3) is 0.368. The number of fused-ring (bicyclic) bond motifs is 1. The maximum Gasteiger partial charge on any atom is 0.278 e. The normalized spacial score (nSPS) is 14.0. The van der Waals surface area contributed by atoms with Gasteiger partial charge in [0.05, 0.1) is 18.8 Å². The van der Waals surface area contributed by atoms with Crippen molar-refractivity contribution in [3.8, 4) is 5.75 Å². The summed E-state index contributed by atoms with van der Waals surface area (Å²) in [6, 6.07) is 7.41. The third-order valence-electron chi connectivity index (χ3n) is 4.53. The Balaban J connectivity index is 2.19. The Labute approximate surface area is 156 Å². The smallest absolute Gasteiger partial charge is 0.278 e. The molecule has 0 radical (unpaired) electrons. The maximum atomic E-state index is 14.2. The van der Waals surface area contributed by atoms with Crippen LogP contribution in [0.5, 0.6) is 5.75 Å². The van der Waals surface area contributed by atoms with Crippen LogP contribution in [0.4, 0.5) is 4.39 Å². The Morgan fingerprint density at radius 1 is 1.26 bits per heavy atom. The third kappa shape index (κ3) is 3.40. The molecule has 27 heavy (non-hydrogen) atoms. The number of hydrogen-bond acceptors (Lipinski definition) is 5. The number of halogens is 1.